The van der Waals surface area contributed by atoms with Gasteiger partial charge in [-0.3, -0.25) is 9.78 Å². The number of nitrogens with zero attached hydrogens (tertiary/aromatic N) is 3. The van der Waals surface area contributed by atoms with E-state index in [0.717, 1.165) is 30.4 Å². The standard InChI is InChI=1S/C19H17FN4O2/c1-26-16-4-2-13(3-5-16)19(7-8-19)18(25)22-17-6-9-24(23-17)15-10-14(20)11-21-12-15/h2-6,9-12H,7-8H2,1H3,(H,22,23,25). The number of anilines is 1. The van der Waals surface area contributed by atoms with E-state index in [0.29, 0.717) is 11.5 Å². The van der Waals surface area contributed by atoms with Crippen molar-refractivity contribution in [3.8, 4) is 11.4 Å². The van der Waals surface area contributed by atoms with Crippen LogP contribution >= 0.6 is 0 Å². The zero-order chi connectivity index (χ0) is 18.1. The third-order valence-electron chi connectivity index (χ3n) is 4.61. The van der Waals surface area contributed by atoms with Crippen LogP contribution in [-0.4, -0.2) is 27.8 Å². The van der Waals surface area contributed by atoms with Crippen molar-refractivity contribution >= 4 is 11.7 Å². The number of carbonyl (C=O) groups excluding carboxylic acids is 1. The molecule has 1 aliphatic carbocycles. The lowest BCUT2D eigenvalue weighted by atomic mass is 9.95. The summed E-state index contributed by atoms with van der Waals surface area (Å²) < 4.78 is 19.9. The van der Waals surface area contributed by atoms with E-state index in [1.807, 2.05) is 24.3 Å². The number of carbonyl (C=O) groups is 1. The van der Waals surface area contributed by atoms with Crippen molar-refractivity contribution in [2.45, 2.75) is 18.3 Å². The zero-order valence-electron chi connectivity index (χ0n) is 14.1. The van der Waals surface area contributed by atoms with Gasteiger partial charge < -0.3 is 10.1 Å². The number of halogens is 1. The van der Waals surface area contributed by atoms with Crippen LogP contribution in [0.4, 0.5) is 10.2 Å². The van der Waals surface area contributed by atoms with Crippen LogP contribution in [0.25, 0.3) is 5.69 Å². The summed E-state index contributed by atoms with van der Waals surface area (Å²) >= 11 is 0. The molecule has 3 aromatic rings. The van der Waals surface area contributed by atoms with Crippen LogP contribution in [0, 0.1) is 5.82 Å². The summed E-state index contributed by atoms with van der Waals surface area (Å²) in [5.41, 5.74) is 0.933. The van der Waals surface area contributed by atoms with Gasteiger partial charge in [0.2, 0.25) is 5.91 Å². The van der Waals surface area contributed by atoms with Gasteiger partial charge >= 0.3 is 0 Å². The fourth-order valence-electron chi connectivity index (χ4n) is 2.98. The van der Waals surface area contributed by atoms with Crippen LogP contribution in [0.5, 0.6) is 5.75 Å². The highest BCUT2D eigenvalue weighted by Gasteiger charge is 2.51. The molecule has 6 nitrogen and oxygen atoms in total. The van der Waals surface area contributed by atoms with Gasteiger partial charge in [-0.2, -0.15) is 5.10 Å². The Hall–Kier alpha value is -3.22. The molecule has 2 aromatic heterocycles. The summed E-state index contributed by atoms with van der Waals surface area (Å²) in [6.45, 7) is 0. The maximum absolute atomic E-state index is 13.3. The van der Waals surface area contributed by atoms with Gasteiger partial charge in [-0.05, 0) is 30.5 Å². The van der Waals surface area contributed by atoms with Crippen LogP contribution in [0.15, 0.2) is 55.0 Å². The van der Waals surface area contributed by atoms with Crippen molar-refractivity contribution in [1.82, 2.24) is 14.8 Å². The van der Waals surface area contributed by atoms with E-state index in [4.69, 9.17) is 4.74 Å². The maximum Gasteiger partial charge on any atom is 0.236 e. The third kappa shape index (κ3) is 2.92. The van der Waals surface area contributed by atoms with E-state index in [9.17, 15) is 9.18 Å². The van der Waals surface area contributed by atoms with Gasteiger partial charge in [-0.25, -0.2) is 9.07 Å². The molecule has 0 aliphatic heterocycles. The highest BCUT2D eigenvalue weighted by Crippen LogP contribution is 2.49. The molecular weight excluding hydrogens is 335 g/mol. The number of methoxy groups -OCH3 is 1. The molecular formula is C19H17FN4O2. The number of ether oxygens (including phenoxy) is 1. The van der Waals surface area contributed by atoms with E-state index in [-0.39, 0.29) is 5.91 Å². The molecule has 0 bridgehead atoms. The van der Waals surface area contributed by atoms with Crippen LogP contribution in [0.3, 0.4) is 0 Å². The van der Waals surface area contributed by atoms with Gasteiger partial charge in [0.15, 0.2) is 5.82 Å². The van der Waals surface area contributed by atoms with Crippen LogP contribution < -0.4 is 10.1 Å². The minimum Gasteiger partial charge on any atom is -0.497 e. The average Bonchev–Trinajstić information content (AvgIpc) is 3.35. The third-order valence-corrected chi connectivity index (χ3v) is 4.61. The Morgan fingerprint density at radius 3 is 2.65 bits per heavy atom. The molecule has 0 atom stereocenters. The SMILES string of the molecule is COc1ccc(C2(C(=O)Nc3ccn(-c4cncc(F)c4)n3)CC2)cc1. The molecule has 0 spiro atoms. The van der Waals surface area contributed by atoms with Crippen molar-refractivity contribution < 1.29 is 13.9 Å². The Bertz CT molecular complexity index is 948. The van der Waals surface area contributed by atoms with E-state index >= 15 is 0 Å². The predicted octanol–water partition coefficient (Wildman–Crippen LogP) is 3.09. The smallest absolute Gasteiger partial charge is 0.236 e. The minimum atomic E-state index is -0.517. The van der Waals surface area contributed by atoms with E-state index in [2.05, 4.69) is 15.4 Å². The largest absolute Gasteiger partial charge is 0.497 e. The molecule has 1 fully saturated rings. The van der Waals surface area contributed by atoms with Crippen molar-refractivity contribution in [1.29, 1.82) is 0 Å². The van der Waals surface area contributed by atoms with Gasteiger partial charge in [0.25, 0.3) is 0 Å². The van der Waals surface area contributed by atoms with Gasteiger partial charge in [0.1, 0.15) is 11.6 Å². The molecule has 1 aromatic carbocycles. The second kappa shape index (κ2) is 6.25. The molecule has 1 N–H and O–H groups in total. The summed E-state index contributed by atoms with van der Waals surface area (Å²) in [5, 5.41) is 7.14. The monoisotopic (exact) mass is 352 g/mol. The fourth-order valence-corrected chi connectivity index (χ4v) is 2.98. The van der Waals surface area contributed by atoms with Crippen LogP contribution in [-0.2, 0) is 10.2 Å². The summed E-state index contributed by atoms with van der Waals surface area (Å²) in [5.74, 6) is 0.636. The molecule has 26 heavy (non-hydrogen) atoms. The number of pyridine rings is 1. The quantitative estimate of drug-likeness (QED) is 0.766. The van der Waals surface area contributed by atoms with E-state index in [1.54, 1.807) is 19.4 Å². The number of nitrogens with one attached hydrogen (secondary N) is 1. The predicted molar refractivity (Wildman–Crippen MR) is 93.9 cm³/mol. The summed E-state index contributed by atoms with van der Waals surface area (Å²) in [7, 11) is 1.61. The molecule has 4 rings (SSSR count). The Balaban J connectivity index is 1.51. The lowest BCUT2D eigenvalue weighted by molar-refractivity contribution is -0.118. The second-order valence-corrected chi connectivity index (χ2v) is 6.27. The molecule has 1 saturated carbocycles. The first-order valence-electron chi connectivity index (χ1n) is 8.23. The van der Waals surface area contributed by atoms with Crippen molar-refractivity contribution in [2.75, 3.05) is 12.4 Å². The normalized spacial score (nSPS) is 14.7. The molecule has 0 radical (unpaired) electrons. The highest BCUT2D eigenvalue weighted by atomic mass is 19.1. The fraction of sp³-hybridized carbons (Fsp3) is 0.211. The van der Waals surface area contributed by atoms with Crippen molar-refractivity contribution in [2.24, 2.45) is 0 Å². The summed E-state index contributed by atoms with van der Waals surface area (Å²) in [4.78, 5) is 16.6. The first-order chi connectivity index (χ1) is 12.6. The van der Waals surface area contributed by atoms with Crippen molar-refractivity contribution in [3.05, 3.63) is 66.4 Å². The Morgan fingerprint density at radius 1 is 1.23 bits per heavy atom. The Labute approximate surface area is 149 Å². The molecule has 132 valence electrons. The molecule has 2 heterocycles. The number of aromatic nitrogens is 3. The molecule has 0 unspecified atom stereocenters. The van der Waals surface area contributed by atoms with Crippen LogP contribution in [0.2, 0.25) is 0 Å². The maximum atomic E-state index is 13.3. The molecule has 1 aliphatic rings. The zero-order valence-corrected chi connectivity index (χ0v) is 14.1. The van der Waals surface area contributed by atoms with E-state index in [1.165, 1.54) is 16.9 Å². The summed E-state index contributed by atoms with van der Waals surface area (Å²) in [6.07, 6.45) is 5.86. The highest BCUT2D eigenvalue weighted by molar-refractivity contribution is 6.00. The number of amides is 1. The van der Waals surface area contributed by atoms with Gasteiger partial charge in [0, 0.05) is 18.3 Å². The number of hydrogen-bond donors (Lipinski definition) is 1. The van der Waals surface area contributed by atoms with E-state index < -0.39 is 11.2 Å². The van der Waals surface area contributed by atoms with Gasteiger partial charge in [-0.1, -0.05) is 12.1 Å². The molecule has 0 saturated heterocycles. The average molecular weight is 352 g/mol. The Morgan fingerprint density at radius 2 is 2.00 bits per heavy atom. The van der Waals surface area contributed by atoms with Gasteiger partial charge in [-0.15, -0.1) is 0 Å². The van der Waals surface area contributed by atoms with Gasteiger partial charge in [0.05, 0.1) is 30.6 Å². The van der Waals surface area contributed by atoms with Crippen LogP contribution in [0.1, 0.15) is 18.4 Å². The molecule has 7 heteroatoms. The molecule has 1 amide bonds. The Kier molecular flexibility index (Phi) is 3.91. The number of benzene rings is 1. The lowest BCUT2D eigenvalue weighted by Gasteiger charge is -2.15. The number of hydrogen-bond acceptors (Lipinski definition) is 4. The van der Waals surface area contributed by atoms with Crippen molar-refractivity contribution in [3.63, 3.8) is 0 Å². The minimum absolute atomic E-state index is 0.0923. The lowest BCUT2D eigenvalue weighted by Crippen LogP contribution is -2.28. The first kappa shape index (κ1) is 16.3. The number of rotatable bonds is 5. The first-order valence-corrected chi connectivity index (χ1v) is 8.23. The summed E-state index contributed by atoms with van der Waals surface area (Å²) in [6, 6.07) is 10.5. The second-order valence-electron chi connectivity index (χ2n) is 6.27. The topological polar surface area (TPSA) is 69.0 Å².